The molecule has 0 aliphatic heterocycles. The van der Waals surface area contributed by atoms with Crippen LogP contribution in [0.5, 0.6) is 5.75 Å². The van der Waals surface area contributed by atoms with E-state index in [0.29, 0.717) is 5.56 Å². The summed E-state index contributed by atoms with van der Waals surface area (Å²) in [6.07, 6.45) is 0. The fourth-order valence-electron chi connectivity index (χ4n) is 2.34. The van der Waals surface area contributed by atoms with Gasteiger partial charge in [-0.25, -0.2) is 8.78 Å². The molecule has 4 heteroatoms. The number of hydrogen-bond donors (Lipinski definition) is 1. The number of hydrogen-bond acceptors (Lipinski definition) is 2. The van der Waals surface area contributed by atoms with Crippen molar-refractivity contribution < 1.29 is 13.5 Å². The van der Waals surface area contributed by atoms with Gasteiger partial charge in [0.25, 0.3) is 0 Å². The maximum atomic E-state index is 13.7. The number of methoxy groups -OCH3 is 1. The third-order valence-corrected chi connectivity index (χ3v) is 3.55. The van der Waals surface area contributed by atoms with Crippen molar-refractivity contribution in [3.05, 3.63) is 65.2 Å². The molecule has 0 saturated carbocycles. The summed E-state index contributed by atoms with van der Waals surface area (Å²) in [5.74, 6) is -0.430. The summed E-state index contributed by atoms with van der Waals surface area (Å²) in [6.45, 7) is 3.80. The Labute approximate surface area is 123 Å². The topological polar surface area (TPSA) is 21.3 Å². The smallest absolute Gasteiger partial charge is 0.165 e. The molecule has 112 valence electrons. The van der Waals surface area contributed by atoms with Gasteiger partial charge >= 0.3 is 0 Å². The van der Waals surface area contributed by atoms with E-state index in [9.17, 15) is 8.78 Å². The van der Waals surface area contributed by atoms with Crippen LogP contribution in [-0.2, 0) is 0 Å². The van der Waals surface area contributed by atoms with Crippen molar-refractivity contribution in [2.24, 2.45) is 0 Å². The summed E-state index contributed by atoms with van der Waals surface area (Å²) in [5.41, 5.74) is 1.38. The van der Waals surface area contributed by atoms with Crippen molar-refractivity contribution in [2.45, 2.75) is 25.9 Å². The van der Waals surface area contributed by atoms with Gasteiger partial charge in [-0.05, 0) is 37.6 Å². The SMILES string of the molecule is COc1ccc(C(C)NC(C)c2ccccc2F)cc1F. The zero-order chi connectivity index (χ0) is 15.4. The van der Waals surface area contributed by atoms with E-state index >= 15 is 0 Å². The van der Waals surface area contributed by atoms with Crippen molar-refractivity contribution in [3.8, 4) is 5.75 Å². The van der Waals surface area contributed by atoms with Crippen LogP contribution in [0.2, 0.25) is 0 Å². The summed E-state index contributed by atoms with van der Waals surface area (Å²) in [6, 6.07) is 11.2. The number of nitrogens with one attached hydrogen (secondary N) is 1. The Morgan fingerprint density at radius 1 is 0.952 bits per heavy atom. The van der Waals surface area contributed by atoms with E-state index < -0.39 is 5.82 Å². The van der Waals surface area contributed by atoms with Crippen molar-refractivity contribution in [1.82, 2.24) is 5.32 Å². The minimum Gasteiger partial charge on any atom is -0.494 e. The zero-order valence-corrected chi connectivity index (χ0v) is 12.4. The summed E-state index contributed by atoms with van der Waals surface area (Å²) in [4.78, 5) is 0. The van der Waals surface area contributed by atoms with Crippen LogP contribution >= 0.6 is 0 Å². The number of rotatable bonds is 5. The van der Waals surface area contributed by atoms with Gasteiger partial charge in [-0.2, -0.15) is 0 Å². The largest absolute Gasteiger partial charge is 0.494 e. The van der Waals surface area contributed by atoms with Gasteiger partial charge in [0.05, 0.1) is 7.11 Å². The Balaban J connectivity index is 2.12. The monoisotopic (exact) mass is 291 g/mol. The standard InChI is InChI=1S/C17H19F2NO/c1-11(13-8-9-17(21-3)16(19)10-13)20-12(2)14-6-4-5-7-15(14)18/h4-12,20H,1-3H3. The van der Waals surface area contributed by atoms with Crippen LogP contribution in [0, 0.1) is 11.6 Å². The van der Waals surface area contributed by atoms with Crippen LogP contribution in [0.4, 0.5) is 8.78 Å². The first kappa shape index (κ1) is 15.4. The van der Waals surface area contributed by atoms with Gasteiger partial charge in [-0.3, -0.25) is 0 Å². The molecule has 0 aliphatic carbocycles. The molecule has 0 saturated heterocycles. The second-order valence-electron chi connectivity index (χ2n) is 5.03. The van der Waals surface area contributed by atoms with E-state index in [4.69, 9.17) is 4.74 Å². The van der Waals surface area contributed by atoms with Crippen LogP contribution in [0.3, 0.4) is 0 Å². The second kappa shape index (κ2) is 6.68. The second-order valence-corrected chi connectivity index (χ2v) is 5.03. The molecule has 2 nitrogen and oxygen atoms in total. The minimum atomic E-state index is -0.401. The molecular weight excluding hydrogens is 272 g/mol. The molecule has 0 aromatic heterocycles. The van der Waals surface area contributed by atoms with Crippen molar-refractivity contribution in [3.63, 3.8) is 0 Å². The summed E-state index contributed by atoms with van der Waals surface area (Å²) >= 11 is 0. The Morgan fingerprint density at radius 3 is 2.29 bits per heavy atom. The van der Waals surface area contributed by atoms with Crippen LogP contribution in [-0.4, -0.2) is 7.11 Å². The van der Waals surface area contributed by atoms with Gasteiger partial charge in [-0.15, -0.1) is 0 Å². The summed E-state index contributed by atoms with van der Waals surface area (Å²) in [7, 11) is 1.43. The molecule has 0 amide bonds. The molecule has 0 aliphatic rings. The average molecular weight is 291 g/mol. The molecule has 0 heterocycles. The zero-order valence-electron chi connectivity index (χ0n) is 12.4. The van der Waals surface area contributed by atoms with Crippen LogP contribution in [0.15, 0.2) is 42.5 Å². The lowest BCUT2D eigenvalue weighted by atomic mass is 10.0. The fourth-order valence-corrected chi connectivity index (χ4v) is 2.34. The Bertz CT molecular complexity index is 615. The molecule has 2 atom stereocenters. The molecule has 2 aromatic rings. The normalized spacial score (nSPS) is 13.8. The van der Waals surface area contributed by atoms with Crippen molar-refractivity contribution in [1.29, 1.82) is 0 Å². The maximum absolute atomic E-state index is 13.7. The van der Waals surface area contributed by atoms with Gasteiger partial charge in [-0.1, -0.05) is 24.3 Å². The Hall–Kier alpha value is -1.94. The van der Waals surface area contributed by atoms with E-state index in [1.54, 1.807) is 30.3 Å². The Morgan fingerprint density at radius 2 is 1.67 bits per heavy atom. The first-order valence-corrected chi connectivity index (χ1v) is 6.87. The third-order valence-electron chi connectivity index (χ3n) is 3.55. The van der Waals surface area contributed by atoms with Crippen molar-refractivity contribution >= 4 is 0 Å². The highest BCUT2D eigenvalue weighted by molar-refractivity contribution is 5.31. The Kier molecular flexibility index (Phi) is 4.91. The lowest BCUT2D eigenvalue weighted by molar-refractivity contribution is 0.385. The summed E-state index contributed by atoms with van der Waals surface area (Å²) < 4.78 is 32.4. The molecule has 0 fully saturated rings. The average Bonchev–Trinajstić information content (AvgIpc) is 2.47. The first-order valence-electron chi connectivity index (χ1n) is 6.87. The van der Waals surface area contributed by atoms with E-state index in [0.717, 1.165) is 5.56 Å². The highest BCUT2D eigenvalue weighted by atomic mass is 19.1. The maximum Gasteiger partial charge on any atom is 0.165 e. The van der Waals surface area contributed by atoms with E-state index in [2.05, 4.69) is 5.32 Å². The van der Waals surface area contributed by atoms with Crippen molar-refractivity contribution in [2.75, 3.05) is 7.11 Å². The molecule has 2 unspecified atom stereocenters. The molecule has 0 radical (unpaired) electrons. The molecule has 0 bridgehead atoms. The first-order chi connectivity index (χ1) is 10.0. The van der Waals surface area contributed by atoms with Gasteiger partial charge in [0.2, 0.25) is 0 Å². The highest BCUT2D eigenvalue weighted by Gasteiger charge is 2.15. The minimum absolute atomic E-state index is 0.111. The van der Waals surface area contributed by atoms with Crippen LogP contribution < -0.4 is 10.1 Å². The van der Waals surface area contributed by atoms with Crippen LogP contribution in [0.25, 0.3) is 0 Å². The molecule has 0 spiro atoms. The highest BCUT2D eigenvalue weighted by Crippen LogP contribution is 2.24. The molecule has 21 heavy (non-hydrogen) atoms. The van der Waals surface area contributed by atoms with E-state index in [-0.39, 0.29) is 23.7 Å². The number of benzene rings is 2. The number of halogens is 2. The number of ether oxygens (including phenoxy) is 1. The van der Waals surface area contributed by atoms with Gasteiger partial charge in [0.1, 0.15) is 5.82 Å². The quantitative estimate of drug-likeness (QED) is 0.882. The lowest BCUT2D eigenvalue weighted by Crippen LogP contribution is -2.23. The molecule has 1 N–H and O–H groups in total. The van der Waals surface area contributed by atoms with Gasteiger partial charge in [0.15, 0.2) is 11.6 Å². The predicted octanol–water partition coefficient (Wildman–Crippen LogP) is 4.39. The van der Waals surface area contributed by atoms with E-state index in [1.165, 1.54) is 19.2 Å². The predicted molar refractivity (Wildman–Crippen MR) is 79.3 cm³/mol. The van der Waals surface area contributed by atoms with Gasteiger partial charge in [0, 0.05) is 17.6 Å². The van der Waals surface area contributed by atoms with Gasteiger partial charge < -0.3 is 10.1 Å². The molecular formula is C17H19F2NO. The lowest BCUT2D eigenvalue weighted by Gasteiger charge is -2.21. The van der Waals surface area contributed by atoms with E-state index in [1.807, 2.05) is 13.8 Å². The molecule has 2 rings (SSSR count). The van der Waals surface area contributed by atoms with Crippen LogP contribution in [0.1, 0.15) is 37.1 Å². The third kappa shape index (κ3) is 3.58. The fraction of sp³-hybridized carbons (Fsp3) is 0.294. The summed E-state index contributed by atoms with van der Waals surface area (Å²) in [5, 5.41) is 3.27. The molecule has 2 aromatic carbocycles.